The number of hydrogen-bond acceptors (Lipinski definition) is 5. The van der Waals surface area contributed by atoms with Gasteiger partial charge in [0.05, 0.1) is 11.8 Å². The van der Waals surface area contributed by atoms with E-state index in [0.717, 1.165) is 38.0 Å². The fraction of sp³-hybridized carbons (Fsp3) is 0.742. The van der Waals surface area contributed by atoms with Gasteiger partial charge in [-0.15, -0.1) is 0 Å². The van der Waals surface area contributed by atoms with Gasteiger partial charge in [0.25, 0.3) is 0 Å². The van der Waals surface area contributed by atoms with Crippen LogP contribution in [-0.2, 0) is 20.9 Å². The van der Waals surface area contributed by atoms with Gasteiger partial charge in [0.1, 0.15) is 5.60 Å². The number of amides is 1. The van der Waals surface area contributed by atoms with E-state index < -0.39 is 16.9 Å². The molecular weight excluding hydrogens is 571 g/mol. The van der Waals surface area contributed by atoms with Gasteiger partial charge in [0.15, 0.2) is 0 Å². The zero-order valence-electron chi connectivity index (χ0n) is 24.8. The van der Waals surface area contributed by atoms with Crippen LogP contribution in [0.25, 0.3) is 0 Å². The largest absolute Gasteiger partial charge is 0.460 e. The van der Waals surface area contributed by atoms with Crippen LogP contribution < -0.4 is 5.32 Å². The van der Waals surface area contributed by atoms with Gasteiger partial charge in [0.2, 0.25) is 11.8 Å². The summed E-state index contributed by atoms with van der Waals surface area (Å²) in [6.45, 7) is 11.5. The monoisotopic (exact) mass is 615 g/mol. The third-order valence-corrected chi connectivity index (χ3v) is 9.74. The van der Waals surface area contributed by atoms with Crippen molar-refractivity contribution in [2.24, 2.45) is 17.3 Å². The van der Waals surface area contributed by atoms with E-state index >= 15 is 0 Å². The molecule has 2 atom stereocenters. The normalized spacial score (nSPS) is 26.7. The van der Waals surface area contributed by atoms with Crippen LogP contribution in [0, 0.1) is 17.3 Å². The van der Waals surface area contributed by atoms with Crippen molar-refractivity contribution in [3.05, 3.63) is 33.8 Å². The van der Waals surface area contributed by atoms with Gasteiger partial charge in [-0.3, -0.25) is 14.5 Å². The second-order valence-electron chi connectivity index (χ2n) is 13.5. The molecule has 0 aromatic heterocycles. The minimum absolute atomic E-state index is 0.00390. The van der Waals surface area contributed by atoms with Crippen LogP contribution in [-0.4, -0.2) is 72.0 Å². The van der Waals surface area contributed by atoms with Crippen molar-refractivity contribution in [3.63, 3.8) is 0 Å². The molecule has 1 aromatic carbocycles. The molecule has 41 heavy (non-hydrogen) atoms. The lowest BCUT2D eigenvalue weighted by Crippen LogP contribution is -2.53. The minimum atomic E-state index is -2.50. The molecule has 3 fully saturated rings. The van der Waals surface area contributed by atoms with Crippen molar-refractivity contribution in [1.29, 1.82) is 0 Å². The Morgan fingerprint density at radius 2 is 1.66 bits per heavy atom. The Hall–Kier alpha value is -1.48. The molecule has 10 heteroatoms. The summed E-state index contributed by atoms with van der Waals surface area (Å²) in [7, 11) is 0. The van der Waals surface area contributed by atoms with Crippen molar-refractivity contribution < 1.29 is 23.1 Å². The lowest BCUT2D eigenvalue weighted by atomic mass is 9.75. The summed E-state index contributed by atoms with van der Waals surface area (Å²) in [5.41, 5.74) is -0.784. The number of piperidine rings is 1. The first-order chi connectivity index (χ1) is 19.2. The Balaban J connectivity index is 1.40. The number of carbonyl (C=O) groups is 2. The predicted molar refractivity (Wildman–Crippen MR) is 158 cm³/mol. The third-order valence-electron chi connectivity index (χ3n) is 9.03. The number of ether oxygens (including phenoxy) is 1. The summed E-state index contributed by atoms with van der Waals surface area (Å²) < 4.78 is 32.8. The average Bonchev–Trinajstić information content (AvgIpc) is 3.18. The third kappa shape index (κ3) is 8.55. The van der Waals surface area contributed by atoms with Crippen molar-refractivity contribution >= 4 is 35.1 Å². The quantitative estimate of drug-likeness (QED) is 0.335. The fourth-order valence-electron chi connectivity index (χ4n) is 6.69. The molecular formula is C31H45Cl2F2N3O3. The number of alkyl halides is 2. The number of nitrogens with zero attached hydrogens (tertiary/aromatic N) is 2. The Kier molecular flexibility index (Phi) is 10.3. The zero-order chi connectivity index (χ0) is 30.0. The first-order valence-corrected chi connectivity index (χ1v) is 15.7. The lowest BCUT2D eigenvalue weighted by molar-refractivity contribution is -0.161. The van der Waals surface area contributed by atoms with Crippen LogP contribution in [0.5, 0.6) is 0 Å². The molecule has 6 nitrogen and oxygen atoms in total. The van der Waals surface area contributed by atoms with Crippen LogP contribution in [0.2, 0.25) is 10.0 Å². The van der Waals surface area contributed by atoms with Gasteiger partial charge in [-0.2, -0.15) is 0 Å². The van der Waals surface area contributed by atoms with Crippen molar-refractivity contribution in [2.75, 3.05) is 32.7 Å². The summed E-state index contributed by atoms with van der Waals surface area (Å²) in [4.78, 5) is 31.6. The van der Waals surface area contributed by atoms with E-state index in [2.05, 4.69) is 15.1 Å². The van der Waals surface area contributed by atoms with Crippen molar-refractivity contribution in [3.8, 4) is 0 Å². The first-order valence-electron chi connectivity index (χ1n) is 14.9. The van der Waals surface area contributed by atoms with Crippen LogP contribution in [0.1, 0.15) is 78.2 Å². The summed E-state index contributed by atoms with van der Waals surface area (Å²) in [5, 5.41) is 4.44. The second kappa shape index (κ2) is 13.0. The van der Waals surface area contributed by atoms with Crippen LogP contribution >= 0.6 is 23.2 Å². The Morgan fingerprint density at radius 1 is 1.05 bits per heavy atom. The Labute approximate surface area is 253 Å². The molecule has 3 aliphatic rings. The summed E-state index contributed by atoms with van der Waals surface area (Å²) in [5.74, 6) is -2.78. The number of carbonyl (C=O) groups excluding carboxylic acids is 2. The molecule has 0 bridgehead atoms. The molecule has 0 unspecified atom stereocenters. The molecule has 0 radical (unpaired) electrons. The highest BCUT2D eigenvalue weighted by molar-refractivity contribution is 6.35. The topological polar surface area (TPSA) is 61.9 Å². The molecule has 2 heterocycles. The number of likely N-dealkylation sites (tertiary alicyclic amines) is 2. The van der Waals surface area contributed by atoms with E-state index in [1.165, 1.54) is 0 Å². The summed E-state index contributed by atoms with van der Waals surface area (Å²) in [6.07, 6.45) is 2.71. The summed E-state index contributed by atoms with van der Waals surface area (Å²) >= 11 is 12.9. The van der Waals surface area contributed by atoms with Gasteiger partial charge >= 0.3 is 5.97 Å². The highest BCUT2D eigenvalue weighted by Crippen LogP contribution is 2.42. The molecule has 4 rings (SSSR count). The van der Waals surface area contributed by atoms with Gasteiger partial charge < -0.3 is 15.0 Å². The zero-order valence-corrected chi connectivity index (χ0v) is 26.3. The number of nitrogens with one attached hydrogen (secondary N) is 1. The molecule has 0 spiro atoms. The van der Waals surface area contributed by atoms with Gasteiger partial charge in [-0.05, 0) is 70.4 Å². The smallest absolute Gasteiger partial charge is 0.307 e. The van der Waals surface area contributed by atoms with Crippen molar-refractivity contribution in [2.45, 2.75) is 96.8 Å². The van der Waals surface area contributed by atoms with E-state index in [4.69, 9.17) is 27.9 Å². The number of halogens is 4. The molecule has 2 aliphatic heterocycles. The van der Waals surface area contributed by atoms with Crippen molar-refractivity contribution in [1.82, 2.24) is 15.1 Å². The van der Waals surface area contributed by atoms with Gasteiger partial charge in [-0.25, -0.2) is 8.78 Å². The molecule has 1 amide bonds. The molecule has 1 N–H and O–H groups in total. The molecule has 1 aliphatic carbocycles. The maximum absolute atomic E-state index is 14.1. The minimum Gasteiger partial charge on any atom is -0.460 e. The van der Waals surface area contributed by atoms with Crippen LogP contribution in [0.15, 0.2) is 18.2 Å². The van der Waals surface area contributed by atoms with Crippen LogP contribution in [0.3, 0.4) is 0 Å². The Morgan fingerprint density at radius 3 is 2.24 bits per heavy atom. The van der Waals surface area contributed by atoms with E-state index in [9.17, 15) is 18.4 Å². The SMILES string of the molecule is C[C@H]1CN(Cc2c(Cl)cccc2Cl)C[C@]1(CC(=O)OC(C)(C)C)C(=O)NC1CCN(CC2CCC(F)(F)CC2)CC1. The maximum Gasteiger partial charge on any atom is 0.307 e. The number of rotatable bonds is 8. The first kappa shape index (κ1) is 32.4. The standard InChI is InChI=1S/C31H45Cl2F2N3O3/c1-21-17-38(19-24-25(32)6-5-7-26(24)33)20-30(21,16-27(39)41-29(2,3)4)28(40)36-23-10-14-37(15-11-23)18-22-8-12-31(34,35)13-9-22/h5-7,21-23H,8-20H2,1-4H3,(H,36,40)/t21-,30-/m0/s1. The lowest BCUT2D eigenvalue weighted by Gasteiger charge is -2.38. The van der Waals surface area contributed by atoms with Gasteiger partial charge in [0, 0.05) is 73.8 Å². The molecule has 230 valence electrons. The molecule has 1 saturated carbocycles. The predicted octanol–water partition coefficient (Wildman–Crippen LogP) is 6.57. The Bertz CT molecular complexity index is 1060. The molecule has 1 aromatic rings. The maximum atomic E-state index is 14.1. The highest BCUT2D eigenvalue weighted by Gasteiger charge is 2.52. The second-order valence-corrected chi connectivity index (χ2v) is 14.4. The van der Waals surface area contributed by atoms with E-state index in [0.29, 0.717) is 48.4 Å². The van der Waals surface area contributed by atoms with E-state index in [1.54, 1.807) is 18.2 Å². The average molecular weight is 617 g/mol. The highest BCUT2D eigenvalue weighted by atomic mass is 35.5. The number of benzene rings is 1. The van der Waals surface area contributed by atoms with Crippen LogP contribution in [0.4, 0.5) is 8.78 Å². The fourth-order valence-corrected chi connectivity index (χ4v) is 7.20. The number of esters is 1. The molecule has 2 saturated heterocycles. The number of hydrogen-bond donors (Lipinski definition) is 1. The van der Waals surface area contributed by atoms with Gasteiger partial charge in [-0.1, -0.05) is 36.2 Å². The van der Waals surface area contributed by atoms with E-state index in [1.807, 2.05) is 27.7 Å². The van der Waals surface area contributed by atoms with E-state index in [-0.39, 0.29) is 43.1 Å². The summed E-state index contributed by atoms with van der Waals surface area (Å²) in [6, 6.07) is 5.42.